The topological polar surface area (TPSA) is 89.5 Å². The van der Waals surface area contributed by atoms with Gasteiger partial charge in [0.1, 0.15) is 35.6 Å². The van der Waals surface area contributed by atoms with Crippen LogP contribution in [0.25, 0.3) is 0 Å². The lowest BCUT2D eigenvalue weighted by molar-refractivity contribution is -0.274. The van der Waals surface area contributed by atoms with Crippen LogP contribution in [-0.2, 0) is 11.2 Å². The van der Waals surface area contributed by atoms with Crippen LogP contribution in [0.1, 0.15) is 17.2 Å². The van der Waals surface area contributed by atoms with Crippen molar-refractivity contribution in [1.29, 1.82) is 0 Å². The van der Waals surface area contributed by atoms with Crippen molar-refractivity contribution in [2.24, 2.45) is 0 Å². The fourth-order valence-corrected chi connectivity index (χ4v) is 4.49. The molecule has 0 saturated heterocycles. The molecular weight excluding hydrogens is 541 g/mol. The van der Waals surface area contributed by atoms with E-state index in [4.69, 9.17) is 30.9 Å². The quantitative estimate of drug-likeness (QED) is 0.341. The van der Waals surface area contributed by atoms with Gasteiger partial charge in [0.05, 0.1) is 26.5 Å². The van der Waals surface area contributed by atoms with Crippen molar-refractivity contribution in [3.8, 4) is 23.0 Å². The summed E-state index contributed by atoms with van der Waals surface area (Å²) in [5, 5.41) is 12.7. The Hall–Kier alpha value is -3.83. The Morgan fingerprint density at radius 2 is 1.82 bits per heavy atom. The van der Waals surface area contributed by atoms with Gasteiger partial charge >= 0.3 is 6.36 Å². The third-order valence-corrected chi connectivity index (χ3v) is 6.23. The third-order valence-electron chi connectivity index (χ3n) is 5.99. The highest BCUT2D eigenvalue weighted by Crippen LogP contribution is 2.39. The molecule has 0 bridgehead atoms. The van der Waals surface area contributed by atoms with Crippen LogP contribution in [0.3, 0.4) is 0 Å². The van der Waals surface area contributed by atoms with E-state index < -0.39 is 24.1 Å². The summed E-state index contributed by atoms with van der Waals surface area (Å²) in [7, 11) is 2.91. The number of nitrogens with one attached hydrogen (secondary N) is 1. The molecule has 0 aromatic heterocycles. The molecule has 1 unspecified atom stereocenters. The van der Waals surface area contributed by atoms with Crippen LogP contribution in [0.4, 0.5) is 24.5 Å². The number of carbonyl (C=O) groups excluding carboxylic acids is 1. The number of anilines is 2. The van der Waals surface area contributed by atoms with Gasteiger partial charge in [-0.1, -0.05) is 23.7 Å². The van der Waals surface area contributed by atoms with Crippen molar-refractivity contribution in [2.45, 2.75) is 18.8 Å². The first-order valence-electron chi connectivity index (χ1n) is 11.8. The monoisotopic (exact) mass is 566 g/mol. The number of nitrogens with zero attached hydrogens (tertiary/aromatic N) is 1. The fraction of sp³-hybridized carbons (Fsp3) is 0.296. The summed E-state index contributed by atoms with van der Waals surface area (Å²) in [6.45, 7) is 0.102. The number of carbonyl (C=O) groups is 1. The second kappa shape index (κ2) is 11.9. The average molecular weight is 567 g/mol. The van der Waals surface area contributed by atoms with E-state index in [2.05, 4.69) is 10.1 Å². The molecule has 4 rings (SSSR count). The van der Waals surface area contributed by atoms with E-state index in [1.54, 1.807) is 36.4 Å². The van der Waals surface area contributed by atoms with Crippen LogP contribution in [0, 0.1) is 0 Å². The molecule has 0 spiro atoms. The second-order valence-corrected chi connectivity index (χ2v) is 8.95. The normalized spacial score (nSPS) is 13.5. The Labute approximate surface area is 227 Å². The highest BCUT2D eigenvalue weighted by Gasteiger charge is 2.35. The van der Waals surface area contributed by atoms with E-state index in [-0.39, 0.29) is 19.8 Å². The summed E-state index contributed by atoms with van der Waals surface area (Å²) >= 11 is 6.16. The zero-order valence-electron chi connectivity index (χ0n) is 21.0. The number of hydrogen-bond acceptors (Lipinski definition) is 7. The van der Waals surface area contributed by atoms with Crippen molar-refractivity contribution in [3.63, 3.8) is 0 Å². The zero-order valence-corrected chi connectivity index (χ0v) is 21.8. The van der Waals surface area contributed by atoms with Gasteiger partial charge in [0, 0.05) is 47.1 Å². The molecular formula is C27H26ClF3N2O6. The van der Waals surface area contributed by atoms with Crippen molar-refractivity contribution >= 4 is 28.9 Å². The van der Waals surface area contributed by atoms with Crippen LogP contribution < -0.4 is 29.2 Å². The Morgan fingerprint density at radius 1 is 1.05 bits per heavy atom. The minimum absolute atomic E-state index is 0.0485. The maximum absolute atomic E-state index is 14.1. The number of amides is 1. The number of rotatable bonds is 10. The van der Waals surface area contributed by atoms with E-state index in [1.165, 1.54) is 37.3 Å². The predicted molar refractivity (Wildman–Crippen MR) is 139 cm³/mol. The molecule has 3 aromatic carbocycles. The molecule has 1 amide bonds. The molecule has 1 aliphatic rings. The lowest BCUT2D eigenvalue weighted by Gasteiger charge is -2.27. The number of alkyl halides is 3. The summed E-state index contributed by atoms with van der Waals surface area (Å²) in [6.07, 6.45) is -4.42. The maximum Gasteiger partial charge on any atom is 0.573 e. The van der Waals surface area contributed by atoms with Gasteiger partial charge in [-0.2, -0.15) is 0 Å². The number of aliphatic hydroxyl groups excluding tert-OH is 1. The van der Waals surface area contributed by atoms with Crippen molar-refractivity contribution in [2.75, 3.05) is 44.2 Å². The summed E-state index contributed by atoms with van der Waals surface area (Å²) in [4.78, 5) is 15.5. The molecule has 1 heterocycles. The van der Waals surface area contributed by atoms with Gasteiger partial charge in [-0.3, -0.25) is 4.79 Å². The number of benzene rings is 3. The first kappa shape index (κ1) is 28.2. The average Bonchev–Trinajstić information content (AvgIpc) is 3.32. The Kier molecular flexibility index (Phi) is 8.61. The van der Waals surface area contributed by atoms with Gasteiger partial charge < -0.3 is 34.3 Å². The number of aliphatic hydroxyl groups is 1. The van der Waals surface area contributed by atoms with Crippen LogP contribution in [0.2, 0.25) is 5.02 Å². The van der Waals surface area contributed by atoms with Crippen LogP contribution in [0.15, 0.2) is 54.6 Å². The molecule has 0 aliphatic carbocycles. The molecule has 2 N–H and O–H groups in total. The van der Waals surface area contributed by atoms with Gasteiger partial charge in [0.15, 0.2) is 0 Å². The first-order chi connectivity index (χ1) is 18.6. The highest BCUT2D eigenvalue weighted by atomic mass is 35.5. The van der Waals surface area contributed by atoms with E-state index in [0.717, 1.165) is 0 Å². The maximum atomic E-state index is 14.1. The molecule has 0 saturated carbocycles. The molecule has 1 atom stereocenters. The summed E-state index contributed by atoms with van der Waals surface area (Å²) in [6, 6.07) is 12.6. The summed E-state index contributed by atoms with van der Waals surface area (Å²) in [5.41, 5.74) is 1.93. The zero-order chi connectivity index (χ0) is 28.2. The first-order valence-corrected chi connectivity index (χ1v) is 12.2. The Bertz CT molecular complexity index is 1340. The van der Waals surface area contributed by atoms with E-state index >= 15 is 0 Å². The molecule has 0 fully saturated rings. The summed E-state index contributed by atoms with van der Waals surface area (Å²) in [5.74, 6) is 0.289. The van der Waals surface area contributed by atoms with Gasteiger partial charge in [0.25, 0.3) is 5.91 Å². The minimum Gasteiger partial charge on any atom is -0.497 e. The largest absolute Gasteiger partial charge is 0.573 e. The number of methoxy groups -OCH3 is 2. The van der Waals surface area contributed by atoms with E-state index in [9.17, 15) is 18.0 Å². The molecule has 3 aromatic rings. The van der Waals surface area contributed by atoms with Gasteiger partial charge in [-0.15, -0.1) is 13.2 Å². The molecule has 8 nitrogen and oxygen atoms in total. The molecule has 12 heteroatoms. The molecule has 208 valence electrons. The van der Waals surface area contributed by atoms with Gasteiger partial charge in [-0.05, 0) is 30.2 Å². The lowest BCUT2D eigenvalue weighted by atomic mass is 10.0. The Balaban J connectivity index is 1.75. The Morgan fingerprint density at radius 3 is 2.51 bits per heavy atom. The number of hydrogen-bond donors (Lipinski definition) is 2. The SMILES string of the molecule is COc1cc(NC(C(=O)N2CCc3ccc(OC(F)(F)F)cc32)c2ccc(Cl)cc2OC)cc(OCCO)c1. The minimum atomic E-state index is -4.87. The lowest BCUT2D eigenvalue weighted by Crippen LogP contribution is -2.37. The smallest absolute Gasteiger partial charge is 0.497 e. The molecule has 1 aliphatic heterocycles. The number of halogens is 4. The number of fused-ring (bicyclic) bond motifs is 1. The van der Waals surface area contributed by atoms with Crippen LogP contribution in [-0.4, -0.2) is 51.4 Å². The van der Waals surface area contributed by atoms with E-state index in [1.807, 2.05) is 0 Å². The summed E-state index contributed by atoms with van der Waals surface area (Å²) < 4.78 is 59.0. The fourth-order valence-electron chi connectivity index (χ4n) is 4.32. The van der Waals surface area contributed by atoms with Crippen molar-refractivity contribution < 1.29 is 42.0 Å². The third kappa shape index (κ3) is 6.79. The van der Waals surface area contributed by atoms with E-state index in [0.29, 0.717) is 51.2 Å². The van der Waals surface area contributed by atoms with Crippen molar-refractivity contribution in [1.82, 2.24) is 0 Å². The second-order valence-electron chi connectivity index (χ2n) is 8.51. The number of ether oxygens (including phenoxy) is 4. The highest BCUT2D eigenvalue weighted by molar-refractivity contribution is 6.30. The standard InChI is InChI=1S/C27H26ClF3N2O6/c1-36-20-12-18(13-21(14-20)38-10-9-34)32-25(22-6-4-17(28)11-24(22)37-2)26(35)33-8-7-16-3-5-19(15-23(16)33)39-27(29,30)31/h3-6,11-15,25,32,34H,7-10H2,1-2H3. The van der Waals surface area contributed by atoms with Crippen molar-refractivity contribution in [3.05, 3.63) is 70.7 Å². The van der Waals surface area contributed by atoms with Crippen LogP contribution in [0.5, 0.6) is 23.0 Å². The van der Waals surface area contributed by atoms with Gasteiger partial charge in [-0.25, -0.2) is 0 Å². The van der Waals surface area contributed by atoms with Crippen LogP contribution >= 0.6 is 11.6 Å². The van der Waals surface area contributed by atoms with Gasteiger partial charge in [0.2, 0.25) is 0 Å². The molecule has 0 radical (unpaired) electrons. The predicted octanol–water partition coefficient (Wildman–Crippen LogP) is 5.37. The molecule has 39 heavy (non-hydrogen) atoms.